The number of nitrogens with zero attached hydrogens (tertiary/aromatic N) is 1. The van der Waals surface area contributed by atoms with Crippen molar-refractivity contribution in [3.8, 4) is 11.8 Å². The summed E-state index contributed by atoms with van der Waals surface area (Å²) >= 11 is 0. The van der Waals surface area contributed by atoms with Crippen LogP contribution in [0.15, 0.2) is 18.2 Å². The lowest BCUT2D eigenvalue weighted by Crippen LogP contribution is -2.42. The van der Waals surface area contributed by atoms with Crippen LogP contribution in [-0.2, 0) is 0 Å². The molecule has 1 aromatic rings. The van der Waals surface area contributed by atoms with Crippen molar-refractivity contribution in [1.82, 2.24) is 4.90 Å². The Balaban J connectivity index is 3.16. The molecule has 5 heteroatoms. The zero-order valence-electron chi connectivity index (χ0n) is 12.5. The first-order chi connectivity index (χ1) is 9.78. The van der Waals surface area contributed by atoms with E-state index in [2.05, 4.69) is 11.8 Å². The van der Waals surface area contributed by atoms with Crippen LogP contribution in [0.2, 0.25) is 0 Å². The maximum absolute atomic E-state index is 13.3. The largest absolute Gasteiger partial charge is 0.389 e. The SMILES string of the molecule is CCN(CC(C)(C)O)C(=O)c1ccc(F)cc1C#CCO. The van der Waals surface area contributed by atoms with Crippen LogP contribution in [0.5, 0.6) is 0 Å². The molecule has 0 aliphatic heterocycles. The first-order valence-electron chi connectivity index (χ1n) is 6.69. The Kier molecular flexibility index (Phi) is 5.89. The molecule has 1 rings (SSSR count). The zero-order chi connectivity index (χ0) is 16.0. The van der Waals surface area contributed by atoms with E-state index in [-0.39, 0.29) is 30.2 Å². The van der Waals surface area contributed by atoms with Crippen LogP contribution < -0.4 is 0 Å². The van der Waals surface area contributed by atoms with Gasteiger partial charge in [0.2, 0.25) is 0 Å². The highest BCUT2D eigenvalue weighted by Crippen LogP contribution is 2.15. The van der Waals surface area contributed by atoms with Crippen LogP contribution in [0.3, 0.4) is 0 Å². The normalized spacial score (nSPS) is 10.8. The van der Waals surface area contributed by atoms with Crippen LogP contribution >= 0.6 is 0 Å². The molecule has 0 heterocycles. The molecule has 0 saturated heterocycles. The van der Waals surface area contributed by atoms with Crippen molar-refractivity contribution >= 4 is 5.91 Å². The summed E-state index contributed by atoms with van der Waals surface area (Å²) in [6, 6.07) is 3.72. The number of aliphatic hydroxyl groups excluding tert-OH is 1. The molecule has 0 saturated carbocycles. The Hall–Kier alpha value is -1.90. The van der Waals surface area contributed by atoms with Crippen molar-refractivity contribution in [1.29, 1.82) is 0 Å². The number of hydrogen-bond acceptors (Lipinski definition) is 3. The van der Waals surface area contributed by atoms with Gasteiger partial charge < -0.3 is 15.1 Å². The van der Waals surface area contributed by atoms with Crippen LogP contribution in [0, 0.1) is 17.7 Å². The first kappa shape index (κ1) is 17.2. The minimum atomic E-state index is -1.03. The predicted molar refractivity (Wildman–Crippen MR) is 78.2 cm³/mol. The summed E-state index contributed by atoms with van der Waals surface area (Å²) in [5.41, 5.74) is -0.547. The van der Waals surface area contributed by atoms with Gasteiger partial charge in [0.1, 0.15) is 12.4 Å². The fourth-order valence-corrected chi connectivity index (χ4v) is 1.91. The van der Waals surface area contributed by atoms with Crippen molar-refractivity contribution < 1.29 is 19.4 Å². The zero-order valence-corrected chi connectivity index (χ0v) is 12.5. The Morgan fingerprint density at radius 1 is 1.43 bits per heavy atom. The number of halogens is 1. The highest BCUT2D eigenvalue weighted by atomic mass is 19.1. The molecule has 0 atom stereocenters. The van der Waals surface area contributed by atoms with E-state index in [4.69, 9.17) is 5.11 Å². The highest BCUT2D eigenvalue weighted by molar-refractivity contribution is 5.96. The van der Waals surface area contributed by atoms with Gasteiger partial charge in [0.05, 0.1) is 11.2 Å². The third-order valence-corrected chi connectivity index (χ3v) is 2.76. The van der Waals surface area contributed by atoms with Crippen molar-refractivity contribution in [2.45, 2.75) is 26.4 Å². The monoisotopic (exact) mass is 293 g/mol. The summed E-state index contributed by atoms with van der Waals surface area (Å²) in [6.45, 7) is 5.22. The fraction of sp³-hybridized carbons (Fsp3) is 0.438. The number of benzene rings is 1. The Labute approximate surface area is 124 Å². The standard InChI is InChI=1S/C16H20FNO3/c1-4-18(11-16(2,3)21)15(20)14-8-7-13(17)10-12(14)6-5-9-19/h7-8,10,19,21H,4,9,11H2,1-3H3. The quantitative estimate of drug-likeness (QED) is 0.825. The highest BCUT2D eigenvalue weighted by Gasteiger charge is 2.23. The van der Waals surface area contributed by atoms with Crippen molar-refractivity contribution in [2.24, 2.45) is 0 Å². The van der Waals surface area contributed by atoms with Crippen LogP contribution in [0.1, 0.15) is 36.7 Å². The molecule has 0 unspecified atom stereocenters. The van der Waals surface area contributed by atoms with E-state index in [1.807, 2.05) is 0 Å². The van der Waals surface area contributed by atoms with Gasteiger partial charge in [0, 0.05) is 18.7 Å². The van der Waals surface area contributed by atoms with Gasteiger partial charge in [0.15, 0.2) is 0 Å². The predicted octanol–water partition coefficient (Wildman–Crippen LogP) is 1.40. The molecule has 21 heavy (non-hydrogen) atoms. The van der Waals surface area contributed by atoms with E-state index < -0.39 is 11.4 Å². The minimum absolute atomic E-state index is 0.159. The lowest BCUT2D eigenvalue weighted by Gasteiger charge is -2.28. The number of carbonyl (C=O) groups excluding carboxylic acids is 1. The number of hydrogen-bond donors (Lipinski definition) is 2. The van der Waals surface area contributed by atoms with Gasteiger partial charge >= 0.3 is 0 Å². The smallest absolute Gasteiger partial charge is 0.255 e. The molecular formula is C16H20FNO3. The summed E-state index contributed by atoms with van der Waals surface area (Å²) < 4.78 is 13.3. The van der Waals surface area contributed by atoms with Gasteiger partial charge in [-0.05, 0) is 39.0 Å². The molecule has 1 amide bonds. The molecule has 0 aromatic heterocycles. The molecule has 0 aliphatic rings. The van der Waals surface area contributed by atoms with Gasteiger partial charge in [-0.25, -0.2) is 4.39 Å². The van der Waals surface area contributed by atoms with Gasteiger partial charge in [-0.1, -0.05) is 11.8 Å². The second-order valence-electron chi connectivity index (χ2n) is 5.28. The van der Waals surface area contributed by atoms with E-state index in [1.165, 1.54) is 17.0 Å². The van der Waals surface area contributed by atoms with E-state index in [1.54, 1.807) is 20.8 Å². The number of aliphatic hydroxyl groups is 2. The van der Waals surface area contributed by atoms with E-state index >= 15 is 0 Å². The Morgan fingerprint density at radius 2 is 2.10 bits per heavy atom. The number of amides is 1. The van der Waals surface area contributed by atoms with Gasteiger partial charge in [-0.15, -0.1) is 0 Å². The molecule has 0 spiro atoms. The Bertz CT molecular complexity index is 567. The van der Waals surface area contributed by atoms with Crippen LogP contribution in [0.25, 0.3) is 0 Å². The lowest BCUT2D eigenvalue weighted by molar-refractivity contribution is 0.0314. The van der Waals surface area contributed by atoms with Crippen molar-refractivity contribution in [2.75, 3.05) is 19.7 Å². The Morgan fingerprint density at radius 3 is 2.62 bits per heavy atom. The lowest BCUT2D eigenvalue weighted by atomic mass is 10.0. The second-order valence-corrected chi connectivity index (χ2v) is 5.28. The van der Waals surface area contributed by atoms with E-state index in [0.29, 0.717) is 6.54 Å². The average Bonchev–Trinajstić information content (AvgIpc) is 2.41. The molecule has 4 nitrogen and oxygen atoms in total. The number of likely N-dealkylation sites (N-methyl/N-ethyl adjacent to an activating group) is 1. The maximum Gasteiger partial charge on any atom is 0.255 e. The third-order valence-electron chi connectivity index (χ3n) is 2.76. The molecule has 0 aliphatic carbocycles. The molecule has 0 radical (unpaired) electrons. The summed E-state index contributed by atoms with van der Waals surface area (Å²) in [5.74, 6) is 4.16. The molecule has 1 aromatic carbocycles. The van der Waals surface area contributed by atoms with Gasteiger partial charge in [-0.2, -0.15) is 0 Å². The first-order valence-corrected chi connectivity index (χ1v) is 6.69. The number of rotatable bonds is 4. The van der Waals surface area contributed by atoms with Crippen molar-refractivity contribution in [3.63, 3.8) is 0 Å². The maximum atomic E-state index is 13.3. The van der Waals surface area contributed by atoms with Gasteiger partial charge in [0.25, 0.3) is 5.91 Å². The fourth-order valence-electron chi connectivity index (χ4n) is 1.91. The molecule has 2 N–H and O–H groups in total. The summed E-state index contributed by atoms with van der Waals surface area (Å²) in [5, 5.41) is 18.6. The van der Waals surface area contributed by atoms with E-state index in [9.17, 15) is 14.3 Å². The summed E-state index contributed by atoms with van der Waals surface area (Å²) in [4.78, 5) is 14.0. The molecular weight excluding hydrogens is 273 g/mol. The third kappa shape index (κ3) is 5.18. The topological polar surface area (TPSA) is 60.8 Å². The van der Waals surface area contributed by atoms with Crippen molar-refractivity contribution in [3.05, 3.63) is 35.1 Å². The molecule has 0 bridgehead atoms. The molecule has 0 fully saturated rings. The van der Waals surface area contributed by atoms with Crippen LogP contribution in [0.4, 0.5) is 4.39 Å². The second kappa shape index (κ2) is 7.21. The molecule has 114 valence electrons. The van der Waals surface area contributed by atoms with Gasteiger partial charge in [-0.3, -0.25) is 4.79 Å². The summed E-state index contributed by atoms with van der Waals surface area (Å²) in [6.07, 6.45) is 0. The summed E-state index contributed by atoms with van der Waals surface area (Å²) in [7, 11) is 0. The minimum Gasteiger partial charge on any atom is -0.389 e. The number of carbonyl (C=O) groups is 1. The van der Waals surface area contributed by atoms with E-state index in [0.717, 1.165) is 6.07 Å². The average molecular weight is 293 g/mol. The van der Waals surface area contributed by atoms with Crippen LogP contribution in [-0.4, -0.2) is 46.3 Å².